The SMILES string of the molecule is Cc1cc(S(=O)(=O)C2CCCC2)cc(=O)n1C(CC1CCCCC1)C(=O)Nc1ncc(CN2CCOCC2)s1. The van der Waals surface area contributed by atoms with Crippen LogP contribution in [0.25, 0.3) is 0 Å². The Kier molecular flexibility index (Phi) is 9.20. The summed E-state index contributed by atoms with van der Waals surface area (Å²) in [6, 6.07) is 2.08. The molecule has 0 radical (unpaired) electrons. The minimum Gasteiger partial charge on any atom is -0.379 e. The number of nitrogens with zero attached hydrogens (tertiary/aromatic N) is 3. The lowest BCUT2D eigenvalue weighted by Gasteiger charge is -2.28. The van der Waals surface area contributed by atoms with Crippen molar-refractivity contribution in [2.75, 3.05) is 31.6 Å². The standard InChI is InChI=1S/C28H40N4O5S2/c1-20-15-24(39(35,36)23-9-5-6-10-23)17-26(33)32(20)25(16-21-7-3-2-4-8-21)27(34)30-28-29-18-22(38-28)19-31-11-13-37-14-12-31/h15,17-18,21,23,25H,2-14,16,19H2,1H3,(H,29,30,34). The zero-order valence-corrected chi connectivity index (χ0v) is 24.4. The monoisotopic (exact) mass is 576 g/mol. The number of anilines is 1. The summed E-state index contributed by atoms with van der Waals surface area (Å²) in [5, 5.41) is 3.07. The molecule has 1 saturated heterocycles. The van der Waals surface area contributed by atoms with Crippen molar-refractivity contribution >= 4 is 32.2 Å². The minimum atomic E-state index is -3.57. The molecule has 3 aliphatic rings. The molecule has 1 amide bonds. The van der Waals surface area contributed by atoms with E-state index in [0.717, 1.165) is 76.3 Å². The third kappa shape index (κ3) is 6.81. The quantitative estimate of drug-likeness (QED) is 0.474. The number of thiazole rings is 1. The molecule has 2 aromatic heterocycles. The predicted molar refractivity (Wildman–Crippen MR) is 152 cm³/mol. The largest absolute Gasteiger partial charge is 0.379 e. The molecule has 3 heterocycles. The van der Waals surface area contributed by atoms with Gasteiger partial charge in [-0.1, -0.05) is 44.9 Å². The predicted octanol–water partition coefficient (Wildman–Crippen LogP) is 4.31. The average Bonchev–Trinajstić information content (AvgIpc) is 3.62. The number of morpholine rings is 1. The Morgan fingerprint density at radius 2 is 1.79 bits per heavy atom. The molecule has 9 nitrogen and oxygen atoms in total. The number of hydrogen-bond acceptors (Lipinski definition) is 8. The number of aryl methyl sites for hydroxylation is 1. The molecule has 39 heavy (non-hydrogen) atoms. The van der Waals surface area contributed by atoms with Crippen molar-refractivity contribution in [3.63, 3.8) is 0 Å². The molecular weight excluding hydrogens is 536 g/mol. The molecule has 0 aromatic carbocycles. The van der Waals surface area contributed by atoms with Gasteiger partial charge in [0.05, 0.1) is 23.4 Å². The second-order valence-corrected chi connectivity index (χ2v) is 14.6. The molecule has 0 spiro atoms. The molecule has 2 aromatic rings. The van der Waals surface area contributed by atoms with Crippen LogP contribution in [0.2, 0.25) is 0 Å². The van der Waals surface area contributed by atoms with Crippen LogP contribution in [0, 0.1) is 12.8 Å². The van der Waals surface area contributed by atoms with Gasteiger partial charge in [-0.3, -0.25) is 14.5 Å². The van der Waals surface area contributed by atoms with E-state index in [1.807, 2.05) is 0 Å². The van der Waals surface area contributed by atoms with Crippen LogP contribution in [0.5, 0.6) is 0 Å². The fourth-order valence-corrected chi connectivity index (χ4v) is 9.11. The Labute approximate surface area is 234 Å². The van der Waals surface area contributed by atoms with Crippen molar-refractivity contribution in [2.45, 2.75) is 93.9 Å². The molecule has 1 N–H and O–H groups in total. The number of sulfone groups is 1. The Hall–Kier alpha value is -2.08. The van der Waals surface area contributed by atoms with Gasteiger partial charge in [-0.25, -0.2) is 13.4 Å². The highest BCUT2D eigenvalue weighted by Crippen LogP contribution is 2.33. The Bertz CT molecular complexity index is 1300. The third-order valence-electron chi connectivity index (χ3n) is 8.47. The van der Waals surface area contributed by atoms with Crippen LogP contribution in [0.15, 0.2) is 28.0 Å². The van der Waals surface area contributed by atoms with E-state index in [-0.39, 0.29) is 10.8 Å². The van der Waals surface area contributed by atoms with E-state index in [1.165, 1.54) is 28.4 Å². The number of hydrogen-bond donors (Lipinski definition) is 1. The van der Waals surface area contributed by atoms with Gasteiger partial charge in [0.1, 0.15) is 6.04 Å². The van der Waals surface area contributed by atoms with E-state index < -0.39 is 26.7 Å². The average molecular weight is 577 g/mol. The Morgan fingerprint density at radius 3 is 2.49 bits per heavy atom. The lowest BCUT2D eigenvalue weighted by atomic mass is 9.84. The van der Waals surface area contributed by atoms with Gasteiger partial charge in [0, 0.05) is 42.5 Å². The zero-order chi connectivity index (χ0) is 27.4. The van der Waals surface area contributed by atoms with E-state index in [4.69, 9.17) is 4.74 Å². The number of carbonyl (C=O) groups excluding carboxylic acids is 1. The summed E-state index contributed by atoms with van der Waals surface area (Å²) in [5.41, 5.74) is 0.0665. The van der Waals surface area contributed by atoms with E-state index in [9.17, 15) is 18.0 Å². The molecule has 1 unspecified atom stereocenters. The number of ether oxygens (including phenoxy) is 1. The highest BCUT2D eigenvalue weighted by Gasteiger charge is 2.33. The summed E-state index contributed by atoms with van der Waals surface area (Å²) in [6.07, 6.45) is 10.9. The molecule has 11 heteroatoms. The number of rotatable bonds is 9. The lowest BCUT2D eigenvalue weighted by Crippen LogP contribution is -2.36. The van der Waals surface area contributed by atoms with Crippen LogP contribution in [-0.4, -0.2) is 60.3 Å². The van der Waals surface area contributed by atoms with Gasteiger partial charge in [0.2, 0.25) is 5.91 Å². The number of nitrogens with one attached hydrogen (secondary N) is 1. The highest BCUT2D eigenvalue weighted by molar-refractivity contribution is 7.92. The van der Waals surface area contributed by atoms with E-state index in [1.54, 1.807) is 19.2 Å². The smallest absolute Gasteiger partial charge is 0.252 e. The van der Waals surface area contributed by atoms with Crippen molar-refractivity contribution in [3.8, 4) is 0 Å². The van der Waals surface area contributed by atoms with Gasteiger partial charge >= 0.3 is 0 Å². The first-order valence-electron chi connectivity index (χ1n) is 14.3. The van der Waals surface area contributed by atoms with Crippen molar-refractivity contribution in [3.05, 3.63) is 39.3 Å². The molecule has 1 atom stereocenters. The van der Waals surface area contributed by atoms with Crippen LogP contribution in [0.1, 0.15) is 80.8 Å². The second-order valence-electron chi connectivity index (χ2n) is 11.3. The highest BCUT2D eigenvalue weighted by atomic mass is 32.2. The molecule has 5 rings (SSSR count). The maximum absolute atomic E-state index is 13.7. The molecular formula is C28H40N4O5S2. The normalized spacial score (nSPS) is 20.7. The molecule has 3 fully saturated rings. The van der Waals surface area contributed by atoms with Crippen LogP contribution >= 0.6 is 11.3 Å². The van der Waals surface area contributed by atoms with Crippen molar-refractivity contribution in [1.29, 1.82) is 0 Å². The van der Waals surface area contributed by atoms with Crippen LogP contribution in [0.4, 0.5) is 5.13 Å². The summed E-state index contributed by atoms with van der Waals surface area (Å²) in [7, 11) is -3.57. The maximum Gasteiger partial charge on any atom is 0.252 e. The third-order valence-corrected chi connectivity index (χ3v) is 11.6. The molecule has 2 aliphatic carbocycles. The first-order valence-corrected chi connectivity index (χ1v) is 16.7. The summed E-state index contributed by atoms with van der Waals surface area (Å²) in [6.45, 7) is 5.69. The summed E-state index contributed by atoms with van der Waals surface area (Å²) >= 11 is 1.45. The van der Waals surface area contributed by atoms with Crippen molar-refractivity contribution < 1.29 is 17.9 Å². The number of carbonyl (C=O) groups is 1. The van der Waals surface area contributed by atoms with E-state index in [2.05, 4.69) is 15.2 Å². The fraction of sp³-hybridized carbons (Fsp3) is 0.679. The van der Waals surface area contributed by atoms with Crippen molar-refractivity contribution in [1.82, 2.24) is 14.5 Å². The number of amides is 1. The van der Waals surface area contributed by atoms with E-state index >= 15 is 0 Å². The fourth-order valence-electron chi connectivity index (χ4n) is 6.31. The zero-order valence-electron chi connectivity index (χ0n) is 22.8. The maximum atomic E-state index is 13.7. The van der Waals surface area contributed by atoms with Crippen LogP contribution in [-0.2, 0) is 25.9 Å². The molecule has 0 bridgehead atoms. The molecule has 214 valence electrons. The number of aromatic nitrogens is 2. The van der Waals surface area contributed by atoms with Gasteiger partial charge < -0.3 is 14.6 Å². The van der Waals surface area contributed by atoms with Gasteiger partial charge in [0.25, 0.3) is 5.56 Å². The second kappa shape index (κ2) is 12.6. The topological polar surface area (TPSA) is 111 Å². The van der Waals surface area contributed by atoms with Crippen molar-refractivity contribution in [2.24, 2.45) is 5.92 Å². The van der Waals surface area contributed by atoms with Gasteiger partial charge in [-0.05, 0) is 38.2 Å². The summed E-state index contributed by atoms with van der Waals surface area (Å²) in [5.74, 6) is 0.0697. The van der Waals surface area contributed by atoms with Gasteiger partial charge in [-0.15, -0.1) is 11.3 Å². The number of pyridine rings is 1. The Balaban J connectivity index is 1.38. The molecule has 2 saturated carbocycles. The first-order chi connectivity index (χ1) is 18.8. The van der Waals surface area contributed by atoms with Crippen LogP contribution < -0.4 is 10.9 Å². The first kappa shape index (κ1) is 28.4. The Morgan fingerprint density at radius 1 is 1.10 bits per heavy atom. The summed E-state index contributed by atoms with van der Waals surface area (Å²) < 4.78 is 33.3. The summed E-state index contributed by atoms with van der Waals surface area (Å²) in [4.78, 5) is 35.1. The molecule has 1 aliphatic heterocycles. The lowest BCUT2D eigenvalue weighted by molar-refractivity contribution is -0.120. The van der Waals surface area contributed by atoms with Gasteiger partial charge in [0.15, 0.2) is 15.0 Å². The van der Waals surface area contributed by atoms with Crippen LogP contribution in [0.3, 0.4) is 0 Å². The minimum absolute atomic E-state index is 0.0812. The van der Waals surface area contributed by atoms with E-state index in [0.29, 0.717) is 36.0 Å². The van der Waals surface area contributed by atoms with Gasteiger partial charge in [-0.2, -0.15) is 0 Å².